The van der Waals surface area contributed by atoms with E-state index in [0.717, 1.165) is 30.6 Å². The van der Waals surface area contributed by atoms with E-state index >= 15 is 0 Å². The Balaban J connectivity index is 1.85. The van der Waals surface area contributed by atoms with Gasteiger partial charge in [0, 0.05) is 17.6 Å². The lowest BCUT2D eigenvalue weighted by atomic mass is 10.0. The maximum absolute atomic E-state index is 11.1. The number of halogens is 1. The van der Waals surface area contributed by atoms with Crippen molar-refractivity contribution >= 4 is 23.3 Å². The minimum Gasteiger partial charge on any atom is -0.478 e. The van der Waals surface area contributed by atoms with Gasteiger partial charge in [-0.3, -0.25) is 0 Å². The van der Waals surface area contributed by atoms with Crippen LogP contribution in [0.1, 0.15) is 23.2 Å². The number of anilines is 1. The second kappa shape index (κ2) is 6.18. The van der Waals surface area contributed by atoms with Crippen molar-refractivity contribution in [2.75, 3.05) is 18.9 Å². The molecule has 2 aromatic rings. The first-order chi connectivity index (χ1) is 11.0. The molecule has 3 rings (SSSR count). The molecule has 0 spiro atoms. The van der Waals surface area contributed by atoms with Gasteiger partial charge in [0.2, 0.25) is 0 Å². The normalized spacial score (nSPS) is 15.2. The molecule has 0 radical (unpaired) electrons. The molecule has 0 atom stereocenters. The number of likely N-dealkylation sites (N-methyl/N-ethyl adjacent to an activating group) is 1. The van der Waals surface area contributed by atoms with Gasteiger partial charge in [-0.25, -0.2) is 9.78 Å². The van der Waals surface area contributed by atoms with Crippen LogP contribution in [-0.4, -0.2) is 35.2 Å². The first kappa shape index (κ1) is 15.8. The molecule has 6 heteroatoms. The Morgan fingerprint density at radius 3 is 2.83 bits per heavy atom. The number of aromatic nitrogens is 1. The maximum atomic E-state index is 11.1. The van der Waals surface area contributed by atoms with Gasteiger partial charge in [0.25, 0.3) is 0 Å². The number of aromatic carboxylic acids is 1. The minimum atomic E-state index is -0.963. The predicted molar refractivity (Wildman–Crippen MR) is 91.2 cm³/mol. The molecule has 0 aliphatic heterocycles. The lowest BCUT2D eigenvalue weighted by Gasteiger charge is -2.16. The quantitative estimate of drug-likeness (QED) is 0.708. The molecule has 1 saturated carbocycles. The fourth-order valence-corrected chi connectivity index (χ4v) is 2.72. The fourth-order valence-electron chi connectivity index (χ4n) is 2.50. The zero-order chi connectivity index (χ0) is 16.4. The van der Waals surface area contributed by atoms with E-state index in [1.54, 1.807) is 24.4 Å². The fraction of sp³-hybridized carbons (Fsp3) is 0.294. The van der Waals surface area contributed by atoms with Crippen LogP contribution in [0.3, 0.4) is 0 Å². The van der Waals surface area contributed by atoms with E-state index < -0.39 is 5.97 Å². The molecule has 0 bridgehead atoms. The largest absolute Gasteiger partial charge is 0.478 e. The molecule has 3 N–H and O–H groups in total. The standard InChI is InChI=1S/C17H18ClN3O2/c1-19-17(5-6-17)10-21-13-8-14(15(18)20-9-13)11-3-2-4-12(7-11)16(22)23/h2-4,7-9,19,21H,5-6,10H2,1H3,(H,22,23). The van der Waals surface area contributed by atoms with E-state index in [4.69, 9.17) is 16.7 Å². The highest BCUT2D eigenvalue weighted by Crippen LogP contribution is 2.35. The topological polar surface area (TPSA) is 74.2 Å². The van der Waals surface area contributed by atoms with E-state index in [-0.39, 0.29) is 11.1 Å². The smallest absolute Gasteiger partial charge is 0.335 e. The third-order valence-electron chi connectivity index (χ3n) is 4.27. The maximum Gasteiger partial charge on any atom is 0.335 e. The van der Waals surface area contributed by atoms with Crippen molar-refractivity contribution in [2.45, 2.75) is 18.4 Å². The monoisotopic (exact) mass is 331 g/mol. The van der Waals surface area contributed by atoms with Gasteiger partial charge >= 0.3 is 5.97 Å². The van der Waals surface area contributed by atoms with Crippen molar-refractivity contribution in [3.63, 3.8) is 0 Å². The predicted octanol–water partition coefficient (Wildman–Crippen LogP) is 3.26. The molecule has 1 heterocycles. The Morgan fingerprint density at radius 2 is 2.17 bits per heavy atom. The average Bonchev–Trinajstić information content (AvgIpc) is 3.35. The summed E-state index contributed by atoms with van der Waals surface area (Å²) in [6.07, 6.45) is 4.01. The van der Waals surface area contributed by atoms with Gasteiger partial charge < -0.3 is 15.7 Å². The average molecular weight is 332 g/mol. The molecule has 1 aliphatic rings. The Hall–Kier alpha value is -2.11. The van der Waals surface area contributed by atoms with Crippen LogP contribution in [0.5, 0.6) is 0 Å². The minimum absolute atomic E-state index is 0.184. The summed E-state index contributed by atoms with van der Waals surface area (Å²) in [5.74, 6) is -0.963. The number of rotatable bonds is 6. The summed E-state index contributed by atoms with van der Waals surface area (Å²) in [4.78, 5) is 15.3. The van der Waals surface area contributed by atoms with Gasteiger partial charge in [-0.05, 0) is 43.7 Å². The summed E-state index contributed by atoms with van der Waals surface area (Å²) < 4.78 is 0. The van der Waals surface area contributed by atoms with Crippen molar-refractivity contribution in [1.29, 1.82) is 0 Å². The molecule has 23 heavy (non-hydrogen) atoms. The summed E-state index contributed by atoms with van der Waals surface area (Å²) in [6, 6.07) is 8.59. The zero-order valence-electron chi connectivity index (χ0n) is 12.8. The van der Waals surface area contributed by atoms with Crippen LogP contribution in [0.2, 0.25) is 5.15 Å². The first-order valence-electron chi connectivity index (χ1n) is 7.45. The summed E-state index contributed by atoms with van der Waals surface area (Å²) in [5, 5.41) is 16.2. The van der Waals surface area contributed by atoms with Crippen LogP contribution in [0.15, 0.2) is 36.5 Å². The number of hydrogen-bond acceptors (Lipinski definition) is 4. The molecular formula is C17H18ClN3O2. The van der Waals surface area contributed by atoms with E-state index in [0.29, 0.717) is 10.7 Å². The van der Waals surface area contributed by atoms with Gasteiger partial charge in [0.15, 0.2) is 0 Å². The van der Waals surface area contributed by atoms with Gasteiger partial charge in [-0.2, -0.15) is 0 Å². The van der Waals surface area contributed by atoms with Gasteiger partial charge in [-0.1, -0.05) is 23.7 Å². The van der Waals surface area contributed by atoms with Crippen LogP contribution < -0.4 is 10.6 Å². The zero-order valence-corrected chi connectivity index (χ0v) is 13.5. The highest BCUT2D eigenvalue weighted by molar-refractivity contribution is 6.32. The molecule has 120 valence electrons. The van der Waals surface area contributed by atoms with E-state index in [2.05, 4.69) is 15.6 Å². The Bertz CT molecular complexity index is 744. The van der Waals surface area contributed by atoms with E-state index in [9.17, 15) is 4.79 Å². The van der Waals surface area contributed by atoms with Crippen LogP contribution in [0.4, 0.5) is 5.69 Å². The third kappa shape index (κ3) is 3.46. The van der Waals surface area contributed by atoms with Crippen molar-refractivity contribution < 1.29 is 9.90 Å². The molecule has 0 unspecified atom stereocenters. The van der Waals surface area contributed by atoms with Crippen LogP contribution in [0, 0.1) is 0 Å². The number of hydrogen-bond donors (Lipinski definition) is 3. The Labute approximate surface area is 139 Å². The van der Waals surface area contributed by atoms with Crippen LogP contribution in [-0.2, 0) is 0 Å². The van der Waals surface area contributed by atoms with Gasteiger partial charge in [0.05, 0.1) is 17.4 Å². The van der Waals surface area contributed by atoms with Crippen molar-refractivity contribution in [3.8, 4) is 11.1 Å². The van der Waals surface area contributed by atoms with Crippen LogP contribution in [0.25, 0.3) is 11.1 Å². The molecule has 1 fully saturated rings. The molecular weight excluding hydrogens is 314 g/mol. The second-order valence-electron chi connectivity index (χ2n) is 5.83. The van der Waals surface area contributed by atoms with Crippen molar-refractivity contribution in [2.24, 2.45) is 0 Å². The number of carboxylic acid groups (broad SMARTS) is 1. The molecule has 5 nitrogen and oxygen atoms in total. The number of pyridine rings is 1. The van der Waals surface area contributed by atoms with Crippen molar-refractivity contribution in [3.05, 3.63) is 47.2 Å². The lowest BCUT2D eigenvalue weighted by molar-refractivity contribution is 0.0697. The Morgan fingerprint density at radius 1 is 1.39 bits per heavy atom. The van der Waals surface area contributed by atoms with Gasteiger partial charge in [-0.15, -0.1) is 0 Å². The number of carboxylic acids is 1. The first-order valence-corrected chi connectivity index (χ1v) is 7.83. The van der Waals surface area contributed by atoms with Crippen molar-refractivity contribution in [1.82, 2.24) is 10.3 Å². The summed E-state index contributed by atoms with van der Waals surface area (Å²) >= 11 is 6.19. The highest BCUT2D eigenvalue weighted by atomic mass is 35.5. The molecule has 1 aromatic heterocycles. The molecule has 0 amide bonds. The van der Waals surface area contributed by atoms with E-state index in [1.165, 1.54) is 0 Å². The summed E-state index contributed by atoms with van der Waals surface area (Å²) in [5.41, 5.74) is 2.73. The third-order valence-corrected chi connectivity index (χ3v) is 4.58. The summed E-state index contributed by atoms with van der Waals surface area (Å²) in [6.45, 7) is 0.821. The van der Waals surface area contributed by atoms with E-state index in [1.807, 2.05) is 19.2 Å². The molecule has 1 aromatic carbocycles. The number of benzene rings is 1. The molecule has 0 saturated heterocycles. The molecule has 1 aliphatic carbocycles. The van der Waals surface area contributed by atoms with Crippen LogP contribution >= 0.6 is 11.6 Å². The highest BCUT2D eigenvalue weighted by Gasteiger charge is 2.40. The van der Waals surface area contributed by atoms with Gasteiger partial charge in [0.1, 0.15) is 5.15 Å². The Kier molecular flexibility index (Phi) is 4.24. The lowest BCUT2D eigenvalue weighted by Crippen LogP contribution is -2.34. The number of nitrogens with zero attached hydrogens (tertiary/aromatic N) is 1. The summed E-state index contributed by atoms with van der Waals surface area (Å²) in [7, 11) is 1.97. The number of nitrogens with one attached hydrogen (secondary N) is 2. The number of carbonyl (C=O) groups is 1. The SMILES string of the molecule is CNC1(CNc2cnc(Cl)c(-c3cccc(C(=O)O)c3)c2)CC1. The second-order valence-corrected chi connectivity index (χ2v) is 6.19.